The number of imidazole rings is 1. The third kappa shape index (κ3) is 8.59. The van der Waals surface area contributed by atoms with Crippen LogP contribution < -0.4 is 20.1 Å². The Labute approximate surface area is 204 Å². The van der Waals surface area contributed by atoms with E-state index >= 15 is 0 Å². The van der Waals surface area contributed by atoms with Gasteiger partial charge in [-0.3, -0.25) is 0 Å². The molecule has 1 atom stereocenters. The molecule has 0 aliphatic rings. The molecule has 8 heteroatoms. The van der Waals surface area contributed by atoms with E-state index in [4.69, 9.17) is 14.5 Å². The van der Waals surface area contributed by atoms with Crippen molar-refractivity contribution in [2.75, 3.05) is 19.8 Å². The molecule has 0 saturated carbocycles. The van der Waals surface area contributed by atoms with Crippen molar-refractivity contribution in [3.63, 3.8) is 0 Å². The minimum atomic E-state index is 0. The highest BCUT2D eigenvalue weighted by Gasteiger charge is 2.13. The molecule has 0 bridgehead atoms. The van der Waals surface area contributed by atoms with Crippen molar-refractivity contribution < 1.29 is 9.47 Å². The Kier molecular flexibility index (Phi) is 12.4. The highest BCUT2D eigenvalue weighted by Crippen LogP contribution is 2.30. The zero-order valence-electron chi connectivity index (χ0n) is 19.6. The van der Waals surface area contributed by atoms with Crippen LogP contribution in [-0.4, -0.2) is 35.3 Å². The molecule has 0 fully saturated rings. The summed E-state index contributed by atoms with van der Waals surface area (Å²) in [7, 11) is 0. The zero-order valence-corrected chi connectivity index (χ0v) is 22.0. The summed E-state index contributed by atoms with van der Waals surface area (Å²) in [4.78, 5) is 9.22. The van der Waals surface area contributed by atoms with Crippen LogP contribution in [0.25, 0.3) is 0 Å². The van der Waals surface area contributed by atoms with Crippen LogP contribution >= 0.6 is 24.0 Å². The van der Waals surface area contributed by atoms with E-state index in [2.05, 4.69) is 53.9 Å². The number of nitrogens with one attached hydrogen (secondary N) is 2. The van der Waals surface area contributed by atoms with Gasteiger partial charge in [0.05, 0.1) is 19.3 Å². The molecular weight excluding hydrogens is 505 g/mol. The van der Waals surface area contributed by atoms with E-state index in [-0.39, 0.29) is 30.0 Å². The molecule has 2 N–H and O–H groups in total. The van der Waals surface area contributed by atoms with Crippen LogP contribution in [0.4, 0.5) is 0 Å². The minimum absolute atomic E-state index is 0. The fraction of sp³-hybridized carbons (Fsp3) is 0.565. The average molecular weight is 543 g/mol. The number of hydrogen-bond donors (Lipinski definition) is 2. The molecule has 7 nitrogen and oxygen atoms in total. The second kappa shape index (κ2) is 14.2. The van der Waals surface area contributed by atoms with E-state index < -0.39 is 0 Å². The molecule has 0 radical (unpaired) electrons. The summed E-state index contributed by atoms with van der Waals surface area (Å²) in [5.74, 6) is 3.83. The standard InChI is InChI=1S/C23H37N5O2.HI/c1-7-24-23(26-15-22-25-12-13-28(22)16-17(4)5)27-18(6)19-10-11-20(29-8-2)21(14-19)30-9-3;/h10-14,17-18H,7-9,15-16H2,1-6H3,(H2,24,26,27);1H. The molecule has 2 aromatic rings. The highest BCUT2D eigenvalue weighted by molar-refractivity contribution is 14.0. The van der Waals surface area contributed by atoms with Crippen LogP contribution in [0.15, 0.2) is 35.6 Å². The van der Waals surface area contributed by atoms with Gasteiger partial charge in [-0.2, -0.15) is 0 Å². The second-order valence-corrected chi connectivity index (χ2v) is 7.52. The maximum Gasteiger partial charge on any atom is 0.192 e. The smallest absolute Gasteiger partial charge is 0.192 e. The molecule has 1 aromatic heterocycles. The average Bonchev–Trinajstić information content (AvgIpc) is 3.14. The first-order valence-corrected chi connectivity index (χ1v) is 10.9. The van der Waals surface area contributed by atoms with Crippen molar-refractivity contribution >= 4 is 29.9 Å². The van der Waals surface area contributed by atoms with Crippen LogP contribution in [0.3, 0.4) is 0 Å². The number of aromatic nitrogens is 2. The van der Waals surface area contributed by atoms with E-state index in [1.54, 1.807) is 0 Å². The van der Waals surface area contributed by atoms with E-state index in [0.717, 1.165) is 41.9 Å². The second-order valence-electron chi connectivity index (χ2n) is 7.52. The normalized spacial score (nSPS) is 12.3. The maximum absolute atomic E-state index is 5.76. The highest BCUT2D eigenvalue weighted by atomic mass is 127. The summed E-state index contributed by atoms with van der Waals surface area (Å²) in [6, 6.07) is 6.11. The molecule has 0 aliphatic carbocycles. The summed E-state index contributed by atoms with van der Waals surface area (Å²) in [6.45, 7) is 16.0. The number of hydrogen-bond acceptors (Lipinski definition) is 4. The molecule has 0 saturated heterocycles. The fourth-order valence-electron chi connectivity index (χ4n) is 3.15. The number of guanidine groups is 1. The molecular formula is C23H38IN5O2. The lowest BCUT2D eigenvalue weighted by Gasteiger charge is -2.20. The SMILES string of the molecule is CCNC(=NCc1nccn1CC(C)C)NC(C)c1ccc(OCC)c(OCC)c1.I. The molecule has 0 spiro atoms. The van der Waals surface area contributed by atoms with Crippen molar-refractivity contribution in [1.29, 1.82) is 0 Å². The third-order valence-electron chi connectivity index (χ3n) is 4.51. The van der Waals surface area contributed by atoms with Gasteiger partial charge >= 0.3 is 0 Å². The van der Waals surface area contributed by atoms with Crippen molar-refractivity contribution in [3.8, 4) is 11.5 Å². The Bertz CT molecular complexity index is 807. The first kappa shape index (κ1) is 27.1. The van der Waals surface area contributed by atoms with Gasteiger partial charge in [0, 0.05) is 25.5 Å². The minimum Gasteiger partial charge on any atom is -0.490 e. The van der Waals surface area contributed by atoms with Gasteiger partial charge < -0.3 is 24.7 Å². The predicted molar refractivity (Wildman–Crippen MR) is 138 cm³/mol. The van der Waals surface area contributed by atoms with Crippen molar-refractivity contribution in [3.05, 3.63) is 42.0 Å². The van der Waals surface area contributed by atoms with Crippen molar-refractivity contribution in [2.24, 2.45) is 10.9 Å². The lowest BCUT2D eigenvalue weighted by Crippen LogP contribution is -2.38. The third-order valence-corrected chi connectivity index (χ3v) is 4.51. The number of benzene rings is 1. The summed E-state index contributed by atoms with van der Waals surface area (Å²) in [5.41, 5.74) is 1.11. The molecule has 0 amide bonds. The maximum atomic E-state index is 5.76. The van der Waals surface area contributed by atoms with E-state index in [1.807, 2.05) is 38.4 Å². The van der Waals surface area contributed by atoms with E-state index in [0.29, 0.717) is 25.7 Å². The van der Waals surface area contributed by atoms with Crippen LogP contribution in [0.2, 0.25) is 0 Å². The molecule has 0 aliphatic heterocycles. The Morgan fingerprint density at radius 1 is 1.10 bits per heavy atom. The van der Waals surface area contributed by atoms with Gasteiger partial charge in [0.1, 0.15) is 12.4 Å². The number of halogens is 1. The van der Waals surface area contributed by atoms with Gasteiger partial charge in [-0.05, 0) is 51.3 Å². The number of rotatable bonds is 11. The zero-order chi connectivity index (χ0) is 21.9. The van der Waals surface area contributed by atoms with Crippen LogP contribution in [-0.2, 0) is 13.1 Å². The molecule has 174 valence electrons. The number of aliphatic imine (C=N–C) groups is 1. The first-order chi connectivity index (χ1) is 14.5. The van der Waals surface area contributed by atoms with Gasteiger partial charge in [0.15, 0.2) is 17.5 Å². The molecule has 2 rings (SSSR count). The van der Waals surface area contributed by atoms with Crippen molar-refractivity contribution in [1.82, 2.24) is 20.2 Å². The number of nitrogens with zero attached hydrogens (tertiary/aromatic N) is 3. The Morgan fingerprint density at radius 2 is 1.81 bits per heavy atom. The summed E-state index contributed by atoms with van der Waals surface area (Å²) in [5, 5.41) is 6.81. The summed E-state index contributed by atoms with van der Waals surface area (Å²) in [6.07, 6.45) is 3.86. The van der Waals surface area contributed by atoms with Gasteiger partial charge in [0.2, 0.25) is 0 Å². The quantitative estimate of drug-likeness (QED) is 0.243. The lowest BCUT2D eigenvalue weighted by atomic mass is 10.1. The van der Waals surface area contributed by atoms with Gasteiger partial charge in [-0.15, -0.1) is 24.0 Å². The van der Waals surface area contributed by atoms with E-state index in [9.17, 15) is 0 Å². The molecule has 1 unspecified atom stereocenters. The topological polar surface area (TPSA) is 72.7 Å². The first-order valence-electron chi connectivity index (χ1n) is 10.9. The van der Waals surface area contributed by atoms with Gasteiger partial charge in [0.25, 0.3) is 0 Å². The molecule has 1 heterocycles. The van der Waals surface area contributed by atoms with Crippen LogP contribution in [0, 0.1) is 5.92 Å². The Hall–Kier alpha value is -1.97. The van der Waals surface area contributed by atoms with Crippen molar-refractivity contribution in [2.45, 2.75) is 60.7 Å². The molecule has 1 aromatic carbocycles. The predicted octanol–water partition coefficient (Wildman–Crippen LogP) is 4.77. The van der Waals surface area contributed by atoms with E-state index in [1.165, 1.54) is 0 Å². The van der Waals surface area contributed by atoms with Gasteiger partial charge in [-0.25, -0.2) is 9.98 Å². The summed E-state index contributed by atoms with van der Waals surface area (Å²) < 4.78 is 13.6. The van der Waals surface area contributed by atoms with Crippen LogP contribution in [0.5, 0.6) is 11.5 Å². The fourth-order valence-corrected chi connectivity index (χ4v) is 3.15. The Balaban J connectivity index is 0.00000480. The number of ether oxygens (including phenoxy) is 2. The summed E-state index contributed by atoms with van der Waals surface area (Å²) >= 11 is 0. The van der Waals surface area contributed by atoms with Crippen LogP contribution in [0.1, 0.15) is 59.0 Å². The monoisotopic (exact) mass is 543 g/mol. The molecule has 31 heavy (non-hydrogen) atoms. The van der Waals surface area contributed by atoms with Gasteiger partial charge in [-0.1, -0.05) is 19.9 Å². The lowest BCUT2D eigenvalue weighted by molar-refractivity contribution is 0.287. The Morgan fingerprint density at radius 3 is 2.45 bits per heavy atom. The largest absolute Gasteiger partial charge is 0.490 e.